The van der Waals surface area contributed by atoms with Crippen LogP contribution in [0.5, 0.6) is 5.75 Å². The first-order chi connectivity index (χ1) is 13.6. The van der Waals surface area contributed by atoms with E-state index in [-0.39, 0.29) is 11.9 Å². The zero-order valence-corrected chi connectivity index (χ0v) is 15.2. The van der Waals surface area contributed by atoms with Gasteiger partial charge in [0.15, 0.2) is 5.82 Å². The van der Waals surface area contributed by atoms with Gasteiger partial charge in [0.25, 0.3) is 0 Å². The van der Waals surface area contributed by atoms with Crippen molar-refractivity contribution in [2.24, 2.45) is 7.05 Å². The van der Waals surface area contributed by atoms with Gasteiger partial charge in [0.1, 0.15) is 23.8 Å². The van der Waals surface area contributed by atoms with E-state index in [4.69, 9.17) is 4.74 Å². The normalized spacial score (nSPS) is 12.1. The maximum absolute atomic E-state index is 11.2. The van der Waals surface area contributed by atoms with Crippen LogP contribution in [-0.4, -0.2) is 36.2 Å². The Balaban J connectivity index is 1.80. The van der Waals surface area contributed by atoms with Gasteiger partial charge in [0.05, 0.1) is 7.11 Å². The summed E-state index contributed by atoms with van der Waals surface area (Å²) in [5.74, 6) is 1.67. The predicted molar refractivity (Wildman–Crippen MR) is 101 cm³/mol. The van der Waals surface area contributed by atoms with E-state index >= 15 is 0 Å². The molecule has 3 heterocycles. The summed E-state index contributed by atoms with van der Waals surface area (Å²) in [4.78, 5) is 19.1. The fraction of sp³-hybridized carbons (Fsp3) is 0.167. The number of anilines is 1. The maximum Gasteiger partial charge on any atom is 0.368 e. The topological polar surface area (TPSA) is 112 Å². The molecule has 0 radical (unpaired) electrons. The first-order valence-electron chi connectivity index (χ1n) is 8.44. The third-order valence-electron chi connectivity index (χ3n) is 4.39. The molecule has 28 heavy (non-hydrogen) atoms. The van der Waals surface area contributed by atoms with E-state index in [1.54, 1.807) is 25.4 Å². The lowest BCUT2D eigenvalue weighted by molar-refractivity contribution is -0.391. The summed E-state index contributed by atoms with van der Waals surface area (Å²) in [5.41, 5.74) is 1.25. The standard InChI is InChI=1S/C18H17N7O3/c1-23-10-9-19-18(23)17(12-5-3-4-6-13(12)28-2)21-14-7-8-15-20-11-16(25(26)27)24(15)22-14/h3-11,17H,1-2H3,(H,21,22). The van der Waals surface area contributed by atoms with Gasteiger partial charge in [0, 0.05) is 31.1 Å². The lowest BCUT2D eigenvalue weighted by Crippen LogP contribution is -2.18. The Morgan fingerprint density at radius 1 is 1.21 bits per heavy atom. The summed E-state index contributed by atoms with van der Waals surface area (Å²) < 4.78 is 8.59. The molecule has 0 aliphatic rings. The minimum absolute atomic E-state index is 0.204. The molecule has 1 aromatic carbocycles. The summed E-state index contributed by atoms with van der Waals surface area (Å²) in [6, 6.07) is 10.6. The molecule has 10 nitrogen and oxygen atoms in total. The summed E-state index contributed by atoms with van der Waals surface area (Å²) in [7, 11) is 3.50. The molecule has 0 bridgehead atoms. The number of fused-ring (bicyclic) bond motifs is 1. The van der Waals surface area contributed by atoms with Crippen LogP contribution in [0.2, 0.25) is 0 Å². The molecule has 0 saturated carbocycles. The van der Waals surface area contributed by atoms with E-state index in [2.05, 4.69) is 20.4 Å². The van der Waals surface area contributed by atoms with Gasteiger partial charge in [-0.2, -0.15) is 0 Å². The zero-order valence-electron chi connectivity index (χ0n) is 15.2. The van der Waals surface area contributed by atoms with E-state index in [1.165, 1.54) is 10.7 Å². The van der Waals surface area contributed by atoms with Gasteiger partial charge in [-0.1, -0.05) is 27.8 Å². The van der Waals surface area contributed by atoms with Gasteiger partial charge in [-0.15, -0.1) is 0 Å². The SMILES string of the molecule is COc1ccccc1C(Nc1ccc2ncc([N+](=O)[O-])n2n1)c1nccn1C. The number of para-hydroxylation sites is 1. The number of nitrogens with one attached hydrogen (secondary N) is 1. The third kappa shape index (κ3) is 3.00. The maximum atomic E-state index is 11.2. The second-order valence-electron chi connectivity index (χ2n) is 6.08. The number of methoxy groups -OCH3 is 1. The van der Waals surface area contributed by atoms with Crippen molar-refractivity contribution in [2.45, 2.75) is 6.04 Å². The average molecular weight is 379 g/mol. The van der Waals surface area contributed by atoms with Crippen molar-refractivity contribution in [3.8, 4) is 5.75 Å². The zero-order chi connectivity index (χ0) is 19.7. The minimum atomic E-state index is -0.521. The highest BCUT2D eigenvalue weighted by Crippen LogP contribution is 2.31. The number of hydrogen-bond acceptors (Lipinski definition) is 7. The lowest BCUT2D eigenvalue weighted by atomic mass is 10.0. The van der Waals surface area contributed by atoms with Gasteiger partial charge in [0.2, 0.25) is 5.65 Å². The van der Waals surface area contributed by atoms with Crippen molar-refractivity contribution in [3.63, 3.8) is 0 Å². The van der Waals surface area contributed by atoms with Crippen LogP contribution in [0.4, 0.5) is 11.6 Å². The number of nitro groups is 1. The molecule has 1 atom stereocenters. The van der Waals surface area contributed by atoms with Crippen LogP contribution in [0.25, 0.3) is 5.65 Å². The number of imidazole rings is 2. The molecule has 3 aromatic heterocycles. The molecule has 0 spiro atoms. The predicted octanol–water partition coefficient (Wildman–Crippen LogP) is 2.58. The third-order valence-corrected chi connectivity index (χ3v) is 4.39. The molecule has 0 aliphatic heterocycles. The summed E-state index contributed by atoms with van der Waals surface area (Å²) >= 11 is 0. The van der Waals surface area contributed by atoms with Crippen LogP contribution in [0.15, 0.2) is 55.0 Å². The second kappa shape index (κ2) is 6.99. The molecule has 1 N–H and O–H groups in total. The molecule has 0 amide bonds. The fourth-order valence-electron chi connectivity index (χ4n) is 3.05. The fourth-order valence-corrected chi connectivity index (χ4v) is 3.05. The van der Waals surface area contributed by atoms with Crippen LogP contribution < -0.4 is 10.1 Å². The molecular formula is C18H17N7O3. The van der Waals surface area contributed by atoms with Gasteiger partial charge >= 0.3 is 5.82 Å². The molecule has 0 fully saturated rings. The summed E-state index contributed by atoms with van der Waals surface area (Å²) in [6.07, 6.45) is 4.73. The number of benzene rings is 1. The Morgan fingerprint density at radius 2 is 2.04 bits per heavy atom. The molecule has 0 saturated heterocycles. The van der Waals surface area contributed by atoms with Gasteiger partial charge in [-0.05, 0) is 17.1 Å². The van der Waals surface area contributed by atoms with Crippen molar-refractivity contribution in [1.29, 1.82) is 0 Å². The van der Waals surface area contributed by atoms with Crippen LogP contribution in [-0.2, 0) is 7.05 Å². The number of aromatic nitrogens is 5. The molecule has 142 valence electrons. The summed E-state index contributed by atoms with van der Waals surface area (Å²) in [6.45, 7) is 0. The van der Waals surface area contributed by atoms with Crippen molar-refractivity contribution >= 4 is 17.3 Å². The Bertz CT molecular complexity index is 1150. The summed E-state index contributed by atoms with van der Waals surface area (Å²) in [5, 5.41) is 18.9. The Kier molecular flexibility index (Phi) is 4.36. The van der Waals surface area contributed by atoms with E-state index in [1.807, 2.05) is 42.1 Å². The van der Waals surface area contributed by atoms with Gasteiger partial charge in [-0.25, -0.2) is 9.97 Å². The van der Waals surface area contributed by atoms with E-state index in [9.17, 15) is 10.1 Å². The minimum Gasteiger partial charge on any atom is -0.496 e. The highest BCUT2D eigenvalue weighted by Gasteiger charge is 2.24. The first kappa shape index (κ1) is 17.5. The van der Waals surface area contributed by atoms with Gasteiger partial charge in [-0.3, -0.25) is 0 Å². The van der Waals surface area contributed by atoms with Gasteiger partial charge < -0.3 is 24.7 Å². The number of aryl methyl sites for hydroxylation is 1. The molecule has 4 aromatic rings. The largest absolute Gasteiger partial charge is 0.496 e. The second-order valence-corrected chi connectivity index (χ2v) is 6.08. The number of hydrogen-bond donors (Lipinski definition) is 1. The van der Waals surface area contributed by atoms with Crippen LogP contribution in [0, 0.1) is 10.1 Å². The Labute approximate surface area is 159 Å². The quantitative estimate of drug-likeness (QED) is 0.405. The molecule has 10 heteroatoms. The first-order valence-corrected chi connectivity index (χ1v) is 8.44. The van der Waals surface area contributed by atoms with Crippen molar-refractivity contribution < 1.29 is 9.66 Å². The van der Waals surface area contributed by atoms with E-state index < -0.39 is 4.92 Å². The number of nitrogens with zero attached hydrogens (tertiary/aromatic N) is 6. The highest BCUT2D eigenvalue weighted by atomic mass is 16.6. The van der Waals surface area contributed by atoms with Crippen molar-refractivity contribution in [1.82, 2.24) is 24.1 Å². The van der Waals surface area contributed by atoms with Crippen molar-refractivity contribution in [2.75, 3.05) is 12.4 Å². The molecule has 0 aliphatic carbocycles. The van der Waals surface area contributed by atoms with E-state index in [0.717, 1.165) is 11.4 Å². The molecular weight excluding hydrogens is 362 g/mol. The monoisotopic (exact) mass is 379 g/mol. The van der Waals surface area contributed by atoms with Crippen molar-refractivity contribution in [3.05, 3.63) is 76.5 Å². The molecule has 4 rings (SSSR count). The highest BCUT2D eigenvalue weighted by molar-refractivity contribution is 5.51. The number of ether oxygens (including phenoxy) is 1. The number of rotatable bonds is 6. The van der Waals surface area contributed by atoms with E-state index in [0.29, 0.717) is 17.2 Å². The Hall–Kier alpha value is -3.95. The lowest BCUT2D eigenvalue weighted by Gasteiger charge is -2.21. The smallest absolute Gasteiger partial charge is 0.368 e. The Morgan fingerprint density at radius 3 is 2.75 bits per heavy atom. The molecule has 1 unspecified atom stereocenters. The van der Waals surface area contributed by atoms with Crippen LogP contribution in [0.1, 0.15) is 17.4 Å². The van der Waals surface area contributed by atoms with Crippen LogP contribution >= 0.6 is 0 Å². The van der Waals surface area contributed by atoms with Crippen LogP contribution in [0.3, 0.4) is 0 Å². The average Bonchev–Trinajstić information content (AvgIpc) is 3.32.